The highest BCUT2D eigenvalue weighted by atomic mass is 16.5. The van der Waals surface area contributed by atoms with E-state index in [4.69, 9.17) is 9.51 Å². The summed E-state index contributed by atoms with van der Waals surface area (Å²) >= 11 is 0. The number of hydrogen-bond acceptors (Lipinski definition) is 4. The van der Waals surface area contributed by atoms with Gasteiger partial charge in [0.05, 0.1) is 5.69 Å². The Morgan fingerprint density at radius 2 is 1.96 bits per heavy atom. The van der Waals surface area contributed by atoms with Crippen molar-refractivity contribution in [1.82, 2.24) is 19.8 Å². The molecule has 0 aliphatic heterocycles. The van der Waals surface area contributed by atoms with Crippen LogP contribution >= 0.6 is 0 Å². The van der Waals surface area contributed by atoms with Crippen LogP contribution in [0.4, 0.5) is 0 Å². The molecule has 126 valence electrons. The fourth-order valence-corrected chi connectivity index (χ4v) is 3.10. The molecule has 0 aliphatic carbocycles. The Balaban J connectivity index is 1.72. The summed E-state index contributed by atoms with van der Waals surface area (Å²) in [5, 5.41) is 6.96. The molecule has 4 aromatic rings. The highest BCUT2D eigenvalue weighted by molar-refractivity contribution is 5.76. The minimum absolute atomic E-state index is 0.110. The minimum Gasteiger partial charge on any atom is -0.361 e. The van der Waals surface area contributed by atoms with E-state index >= 15 is 0 Å². The third-order valence-electron chi connectivity index (χ3n) is 4.45. The van der Waals surface area contributed by atoms with Crippen molar-refractivity contribution in [2.45, 2.75) is 26.7 Å². The molecule has 6 heteroatoms. The van der Waals surface area contributed by atoms with Crippen molar-refractivity contribution in [3.8, 4) is 11.1 Å². The van der Waals surface area contributed by atoms with E-state index in [0.29, 0.717) is 12.1 Å². The first kappa shape index (κ1) is 15.4. The number of aromatic amines is 1. The van der Waals surface area contributed by atoms with Gasteiger partial charge in [0.1, 0.15) is 5.76 Å². The lowest BCUT2D eigenvalue weighted by Crippen LogP contribution is -2.16. The maximum atomic E-state index is 12.4. The number of hydrogen-bond donors (Lipinski definition) is 1. The Kier molecular flexibility index (Phi) is 3.72. The van der Waals surface area contributed by atoms with E-state index < -0.39 is 0 Å². The molecule has 6 nitrogen and oxygen atoms in total. The summed E-state index contributed by atoms with van der Waals surface area (Å²) in [5.74, 6) is 0.821. The van der Waals surface area contributed by atoms with Crippen molar-refractivity contribution in [3.05, 3.63) is 75.7 Å². The highest BCUT2D eigenvalue weighted by Crippen LogP contribution is 2.22. The standard InChI is InChI=1S/C19H18N4O2/c1-12-16(13(2)25-22-12)9-8-15-10-18(24)23-19(21-15)17(11-20-23)14-6-4-3-5-7-14/h3-7,10-11,20H,8-9H2,1-2H3. The first-order valence-electron chi connectivity index (χ1n) is 8.20. The van der Waals surface area contributed by atoms with Gasteiger partial charge in [-0.25, -0.2) is 9.50 Å². The Morgan fingerprint density at radius 1 is 1.16 bits per heavy atom. The molecule has 4 rings (SSSR count). The lowest BCUT2D eigenvalue weighted by Gasteiger charge is -2.03. The molecule has 0 unspecified atom stereocenters. The molecule has 0 spiro atoms. The summed E-state index contributed by atoms with van der Waals surface area (Å²) in [5.41, 5.74) is 5.21. The monoisotopic (exact) mass is 334 g/mol. The van der Waals surface area contributed by atoms with E-state index in [1.54, 1.807) is 6.07 Å². The van der Waals surface area contributed by atoms with Gasteiger partial charge >= 0.3 is 0 Å². The third-order valence-corrected chi connectivity index (χ3v) is 4.45. The molecule has 0 aliphatic rings. The van der Waals surface area contributed by atoms with Crippen LogP contribution < -0.4 is 5.56 Å². The summed E-state index contributed by atoms with van der Waals surface area (Å²) in [6.07, 6.45) is 3.22. The van der Waals surface area contributed by atoms with Crippen molar-refractivity contribution in [3.63, 3.8) is 0 Å². The number of nitrogens with zero attached hydrogens (tertiary/aromatic N) is 3. The third kappa shape index (κ3) is 2.76. The van der Waals surface area contributed by atoms with Crippen molar-refractivity contribution < 1.29 is 4.52 Å². The zero-order chi connectivity index (χ0) is 17.4. The lowest BCUT2D eigenvalue weighted by atomic mass is 10.1. The second kappa shape index (κ2) is 6.05. The number of rotatable bonds is 4. The maximum absolute atomic E-state index is 12.4. The molecule has 1 N–H and O–H groups in total. The normalized spacial score (nSPS) is 11.3. The quantitative estimate of drug-likeness (QED) is 0.622. The molecule has 0 amide bonds. The molecule has 0 atom stereocenters. The van der Waals surface area contributed by atoms with Crippen molar-refractivity contribution in [1.29, 1.82) is 0 Å². The van der Waals surface area contributed by atoms with Crippen LogP contribution in [0.3, 0.4) is 0 Å². The van der Waals surface area contributed by atoms with E-state index in [1.165, 1.54) is 4.52 Å². The highest BCUT2D eigenvalue weighted by Gasteiger charge is 2.13. The minimum atomic E-state index is -0.110. The molecule has 0 radical (unpaired) electrons. The van der Waals surface area contributed by atoms with Gasteiger partial charge in [-0.05, 0) is 32.3 Å². The van der Waals surface area contributed by atoms with Gasteiger partial charge in [0, 0.05) is 29.1 Å². The predicted molar refractivity (Wildman–Crippen MR) is 94.6 cm³/mol. The number of aromatic nitrogens is 4. The van der Waals surface area contributed by atoms with E-state index in [2.05, 4.69) is 10.3 Å². The van der Waals surface area contributed by atoms with E-state index in [1.807, 2.05) is 50.4 Å². The summed E-state index contributed by atoms with van der Waals surface area (Å²) in [4.78, 5) is 17.1. The molecule has 3 aromatic heterocycles. The van der Waals surface area contributed by atoms with Crippen LogP contribution in [0.5, 0.6) is 0 Å². The molecular weight excluding hydrogens is 316 g/mol. The van der Waals surface area contributed by atoms with E-state index in [9.17, 15) is 4.79 Å². The van der Waals surface area contributed by atoms with Crippen LogP contribution in [-0.2, 0) is 12.8 Å². The lowest BCUT2D eigenvalue weighted by molar-refractivity contribution is 0.392. The number of benzene rings is 1. The Bertz CT molecular complexity index is 1070. The summed E-state index contributed by atoms with van der Waals surface area (Å²) in [6, 6.07) is 11.5. The molecule has 25 heavy (non-hydrogen) atoms. The van der Waals surface area contributed by atoms with Crippen LogP contribution in [0, 0.1) is 13.8 Å². The molecule has 0 fully saturated rings. The molecule has 0 bridgehead atoms. The van der Waals surface area contributed by atoms with Gasteiger partial charge in [-0.3, -0.25) is 9.89 Å². The van der Waals surface area contributed by atoms with E-state index in [0.717, 1.165) is 40.3 Å². The van der Waals surface area contributed by atoms with Crippen LogP contribution in [0.25, 0.3) is 16.8 Å². The number of nitrogens with one attached hydrogen (secondary N) is 1. The molecule has 0 saturated carbocycles. The van der Waals surface area contributed by atoms with Crippen molar-refractivity contribution >= 4 is 5.65 Å². The Morgan fingerprint density at radius 3 is 2.68 bits per heavy atom. The summed E-state index contributed by atoms with van der Waals surface area (Å²) < 4.78 is 6.67. The zero-order valence-corrected chi connectivity index (χ0v) is 14.1. The van der Waals surface area contributed by atoms with Gasteiger partial charge in [-0.1, -0.05) is 35.5 Å². The Labute approximate surface area is 144 Å². The molecule has 1 aromatic carbocycles. The van der Waals surface area contributed by atoms with Gasteiger partial charge in [-0.2, -0.15) is 0 Å². The molecule has 0 saturated heterocycles. The van der Waals surface area contributed by atoms with Gasteiger partial charge in [0.25, 0.3) is 5.56 Å². The number of fused-ring (bicyclic) bond motifs is 1. The molecular formula is C19H18N4O2. The Hall–Kier alpha value is -3.15. The fraction of sp³-hybridized carbons (Fsp3) is 0.211. The van der Waals surface area contributed by atoms with Crippen LogP contribution in [-0.4, -0.2) is 19.8 Å². The number of H-pyrrole nitrogens is 1. The second-order valence-electron chi connectivity index (χ2n) is 6.10. The van der Waals surface area contributed by atoms with Crippen molar-refractivity contribution in [2.75, 3.05) is 0 Å². The van der Waals surface area contributed by atoms with Gasteiger partial charge in [0.15, 0.2) is 5.65 Å². The maximum Gasteiger partial charge on any atom is 0.272 e. The predicted octanol–water partition coefficient (Wildman–Crippen LogP) is 3.08. The first-order valence-corrected chi connectivity index (χ1v) is 8.20. The van der Waals surface area contributed by atoms with Crippen LogP contribution in [0.1, 0.15) is 22.7 Å². The van der Waals surface area contributed by atoms with E-state index in [-0.39, 0.29) is 5.56 Å². The zero-order valence-electron chi connectivity index (χ0n) is 14.1. The van der Waals surface area contributed by atoms with Crippen molar-refractivity contribution in [2.24, 2.45) is 0 Å². The van der Waals surface area contributed by atoms with Gasteiger partial charge < -0.3 is 4.52 Å². The fourth-order valence-electron chi connectivity index (χ4n) is 3.10. The first-order chi connectivity index (χ1) is 12.1. The van der Waals surface area contributed by atoms with Gasteiger partial charge in [0.2, 0.25) is 0 Å². The smallest absolute Gasteiger partial charge is 0.272 e. The second-order valence-corrected chi connectivity index (χ2v) is 6.10. The number of aryl methyl sites for hydroxylation is 3. The largest absolute Gasteiger partial charge is 0.361 e. The SMILES string of the molecule is Cc1noc(C)c1CCc1cc(=O)n2[nH]cc(-c3ccccc3)c2n1. The van der Waals surface area contributed by atoms with Crippen LogP contribution in [0.15, 0.2) is 51.9 Å². The average Bonchev–Trinajstić information content (AvgIpc) is 3.18. The topological polar surface area (TPSA) is 76.2 Å². The summed E-state index contributed by atoms with van der Waals surface area (Å²) in [7, 11) is 0. The molecule has 3 heterocycles. The van der Waals surface area contributed by atoms with Gasteiger partial charge in [-0.15, -0.1) is 0 Å². The average molecular weight is 334 g/mol. The van der Waals surface area contributed by atoms with Crippen LogP contribution in [0.2, 0.25) is 0 Å². The summed E-state index contributed by atoms with van der Waals surface area (Å²) in [6.45, 7) is 3.83.